The molecule has 100 valence electrons. The number of amides is 2. The van der Waals surface area contributed by atoms with Crippen LogP contribution in [0.25, 0.3) is 0 Å². The van der Waals surface area contributed by atoms with E-state index in [2.05, 4.69) is 23.6 Å². The molecule has 0 aliphatic rings. The number of carbonyl (C=O) groups excluding carboxylic acids is 1. The first kappa shape index (κ1) is 14.4. The van der Waals surface area contributed by atoms with E-state index < -0.39 is 0 Å². The molecule has 0 atom stereocenters. The number of aryl methyl sites for hydroxylation is 1. The van der Waals surface area contributed by atoms with E-state index in [1.165, 1.54) is 5.56 Å². The van der Waals surface area contributed by atoms with Crippen LogP contribution in [0.3, 0.4) is 0 Å². The quantitative estimate of drug-likeness (QED) is 0.730. The highest BCUT2D eigenvalue weighted by atomic mass is 16.5. The summed E-state index contributed by atoms with van der Waals surface area (Å²) in [6.07, 6.45) is 1.88. The van der Waals surface area contributed by atoms with E-state index in [1.54, 1.807) is 0 Å². The van der Waals surface area contributed by atoms with Crippen molar-refractivity contribution in [3.63, 3.8) is 0 Å². The van der Waals surface area contributed by atoms with Crippen molar-refractivity contribution < 1.29 is 9.53 Å². The molecule has 0 bridgehead atoms. The first-order valence-corrected chi connectivity index (χ1v) is 6.50. The highest BCUT2D eigenvalue weighted by Crippen LogP contribution is 2.17. The molecule has 0 saturated carbocycles. The molecule has 1 rings (SSSR count). The molecule has 2 amide bonds. The van der Waals surface area contributed by atoms with Crippen molar-refractivity contribution in [2.45, 2.75) is 26.7 Å². The Kier molecular flexibility index (Phi) is 6.69. The minimum absolute atomic E-state index is 0.135. The third kappa shape index (κ3) is 5.08. The molecule has 0 heterocycles. The number of urea groups is 1. The normalized spacial score (nSPS) is 9.89. The first-order chi connectivity index (χ1) is 8.77. The maximum absolute atomic E-state index is 11.3. The SMILES string of the molecule is CCCNC(=O)NCCOc1ccccc1CC. The molecular weight excluding hydrogens is 228 g/mol. The Morgan fingerprint density at radius 3 is 2.61 bits per heavy atom. The molecule has 4 heteroatoms. The minimum atomic E-state index is -0.135. The van der Waals surface area contributed by atoms with Gasteiger partial charge in [-0.15, -0.1) is 0 Å². The summed E-state index contributed by atoms with van der Waals surface area (Å²) in [5.41, 5.74) is 1.19. The lowest BCUT2D eigenvalue weighted by Crippen LogP contribution is -2.38. The molecule has 0 aromatic heterocycles. The summed E-state index contributed by atoms with van der Waals surface area (Å²) in [6.45, 7) is 5.80. The summed E-state index contributed by atoms with van der Waals surface area (Å²) in [4.78, 5) is 11.3. The minimum Gasteiger partial charge on any atom is -0.491 e. The summed E-state index contributed by atoms with van der Waals surface area (Å²) < 4.78 is 5.64. The second kappa shape index (κ2) is 8.39. The summed E-state index contributed by atoms with van der Waals surface area (Å²) in [5.74, 6) is 0.899. The van der Waals surface area contributed by atoms with E-state index in [4.69, 9.17) is 4.74 Å². The highest BCUT2D eigenvalue weighted by Gasteiger charge is 2.01. The molecule has 0 unspecified atom stereocenters. The second-order valence-electron chi connectivity index (χ2n) is 3.99. The van der Waals surface area contributed by atoms with Crippen LogP contribution >= 0.6 is 0 Å². The maximum atomic E-state index is 11.3. The molecule has 0 aliphatic carbocycles. The zero-order chi connectivity index (χ0) is 13.2. The number of hydrogen-bond donors (Lipinski definition) is 2. The van der Waals surface area contributed by atoms with Crippen LogP contribution in [0.5, 0.6) is 5.75 Å². The molecule has 0 radical (unpaired) electrons. The third-order valence-corrected chi connectivity index (χ3v) is 2.53. The average Bonchev–Trinajstić information content (AvgIpc) is 2.41. The van der Waals surface area contributed by atoms with Gasteiger partial charge in [-0.05, 0) is 24.5 Å². The van der Waals surface area contributed by atoms with Crippen molar-refractivity contribution in [1.29, 1.82) is 0 Å². The number of benzene rings is 1. The Labute approximate surface area is 109 Å². The lowest BCUT2D eigenvalue weighted by molar-refractivity contribution is 0.236. The van der Waals surface area contributed by atoms with Crippen LogP contribution in [-0.4, -0.2) is 25.7 Å². The molecular formula is C14H22N2O2. The standard InChI is InChI=1S/C14H22N2O2/c1-3-9-15-14(17)16-10-11-18-13-8-6-5-7-12(13)4-2/h5-8H,3-4,9-11H2,1-2H3,(H2,15,16,17). The molecule has 1 aromatic carbocycles. The lowest BCUT2D eigenvalue weighted by atomic mass is 10.1. The number of carbonyl (C=O) groups is 1. The van der Waals surface area contributed by atoms with Crippen molar-refractivity contribution >= 4 is 6.03 Å². The van der Waals surface area contributed by atoms with Gasteiger partial charge in [-0.3, -0.25) is 0 Å². The lowest BCUT2D eigenvalue weighted by Gasteiger charge is -2.11. The Balaban J connectivity index is 2.23. The van der Waals surface area contributed by atoms with E-state index in [-0.39, 0.29) is 6.03 Å². The van der Waals surface area contributed by atoms with E-state index >= 15 is 0 Å². The Morgan fingerprint density at radius 1 is 1.17 bits per heavy atom. The molecule has 0 aliphatic heterocycles. The average molecular weight is 250 g/mol. The van der Waals surface area contributed by atoms with E-state index in [0.29, 0.717) is 19.7 Å². The largest absolute Gasteiger partial charge is 0.491 e. The van der Waals surface area contributed by atoms with Gasteiger partial charge in [0.15, 0.2) is 0 Å². The maximum Gasteiger partial charge on any atom is 0.314 e. The molecule has 1 aromatic rings. The Morgan fingerprint density at radius 2 is 1.89 bits per heavy atom. The van der Waals surface area contributed by atoms with Crippen LogP contribution in [0.4, 0.5) is 4.79 Å². The topological polar surface area (TPSA) is 50.4 Å². The zero-order valence-corrected chi connectivity index (χ0v) is 11.2. The van der Waals surface area contributed by atoms with Crippen molar-refractivity contribution in [2.75, 3.05) is 19.7 Å². The number of para-hydroxylation sites is 1. The van der Waals surface area contributed by atoms with Crippen LogP contribution in [0.1, 0.15) is 25.8 Å². The van der Waals surface area contributed by atoms with E-state index in [9.17, 15) is 4.79 Å². The van der Waals surface area contributed by atoms with Gasteiger partial charge in [0.05, 0.1) is 6.54 Å². The van der Waals surface area contributed by atoms with E-state index in [1.807, 2.05) is 25.1 Å². The highest BCUT2D eigenvalue weighted by molar-refractivity contribution is 5.73. The second-order valence-corrected chi connectivity index (χ2v) is 3.99. The number of hydrogen-bond acceptors (Lipinski definition) is 2. The van der Waals surface area contributed by atoms with Crippen molar-refractivity contribution in [3.05, 3.63) is 29.8 Å². The molecule has 0 spiro atoms. The number of nitrogens with one attached hydrogen (secondary N) is 2. The number of ether oxygens (including phenoxy) is 1. The van der Waals surface area contributed by atoms with Gasteiger partial charge in [-0.2, -0.15) is 0 Å². The van der Waals surface area contributed by atoms with Crippen molar-refractivity contribution in [1.82, 2.24) is 10.6 Å². The fraction of sp³-hybridized carbons (Fsp3) is 0.500. The molecule has 18 heavy (non-hydrogen) atoms. The summed E-state index contributed by atoms with van der Waals surface area (Å²) in [5, 5.41) is 5.50. The van der Waals surface area contributed by atoms with Crippen LogP contribution in [-0.2, 0) is 6.42 Å². The summed E-state index contributed by atoms with van der Waals surface area (Å²) in [7, 11) is 0. The monoisotopic (exact) mass is 250 g/mol. The molecule has 0 fully saturated rings. The van der Waals surface area contributed by atoms with Gasteiger partial charge < -0.3 is 15.4 Å². The van der Waals surface area contributed by atoms with Gasteiger partial charge in [-0.1, -0.05) is 32.0 Å². The van der Waals surface area contributed by atoms with Gasteiger partial charge in [0.2, 0.25) is 0 Å². The molecule has 4 nitrogen and oxygen atoms in total. The predicted octanol–water partition coefficient (Wildman–Crippen LogP) is 2.34. The van der Waals surface area contributed by atoms with Crippen molar-refractivity contribution in [2.24, 2.45) is 0 Å². The number of rotatable bonds is 7. The Hall–Kier alpha value is -1.71. The van der Waals surface area contributed by atoms with E-state index in [0.717, 1.165) is 18.6 Å². The van der Waals surface area contributed by atoms with Crippen LogP contribution in [0, 0.1) is 0 Å². The van der Waals surface area contributed by atoms with Gasteiger partial charge in [0.1, 0.15) is 12.4 Å². The summed E-state index contributed by atoms with van der Waals surface area (Å²) >= 11 is 0. The molecule has 2 N–H and O–H groups in total. The van der Waals surface area contributed by atoms with Crippen molar-refractivity contribution in [3.8, 4) is 5.75 Å². The molecule has 0 saturated heterocycles. The van der Waals surface area contributed by atoms with Gasteiger partial charge >= 0.3 is 6.03 Å². The zero-order valence-electron chi connectivity index (χ0n) is 11.2. The fourth-order valence-corrected chi connectivity index (χ4v) is 1.56. The Bertz CT molecular complexity index is 367. The first-order valence-electron chi connectivity index (χ1n) is 6.50. The smallest absolute Gasteiger partial charge is 0.314 e. The predicted molar refractivity (Wildman–Crippen MR) is 73.0 cm³/mol. The van der Waals surface area contributed by atoms with Gasteiger partial charge in [-0.25, -0.2) is 4.79 Å². The van der Waals surface area contributed by atoms with Crippen LogP contribution in [0.2, 0.25) is 0 Å². The summed E-state index contributed by atoms with van der Waals surface area (Å²) in [6, 6.07) is 7.83. The fourth-order valence-electron chi connectivity index (χ4n) is 1.56. The van der Waals surface area contributed by atoms with Crippen LogP contribution < -0.4 is 15.4 Å². The van der Waals surface area contributed by atoms with Crippen LogP contribution in [0.15, 0.2) is 24.3 Å². The van der Waals surface area contributed by atoms with Gasteiger partial charge in [0, 0.05) is 6.54 Å². The third-order valence-electron chi connectivity index (χ3n) is 2.53. The van der Waals surface area contributed by atoms with Gasteiger partial charge in [0.25, 0.3) is 0 Å².